The van der Waals surface area contributed by atoms with Crippen LogP contribution in [0.2, 0.25) is 0 Å². The summed E-state index contributed by atoms with van der Waals surface area (Å²) in [6.45, 7) is 7.73. The molecule has 0 aromatic carbocycles. The highest BCUT2D eigenvalue weighted by Gasteiger charge is 2.07. The molecule has 0 radical (unpaired) electrons. The smallest absolute Gasteiger partial charge is 0.122 e. The standard InChI is InChI=1S/C15H25N3S/c1-3-5-9-18(10-6-4-2)12-13-7-8-17-14(11-13)15(16)19/h7-8,11H,3-6,9-10,12H2,1-2H3,(H2,16,19). The molecule has 0 aliphatic heterocycles. The van der Waals surface area contributed by atoms with E-state index >= 15 is 0 Å². The van der Waals surface area contributed by atoms with E-state index in [-0.39, 0.29) is 0 Å². The van der Waals surface area contributed by atoms with Gasteiger partial charge in [0.05, 0.1) is 5.69 Å². The highest BCUT2D eigenvalue weighted by molar-refractivity contribution is 7.80. The summed E-state index contributed by atoms with van der Waals surface area (Å²) in [6.07, 6.45) is 6.75. The lowest BCUT2D eigenvalue weighted by atomic mass is 10.2. The summed E-state index contributed by atoms with van der Waals surface area (Å²) in [7, 11) is 0. The van der Waals surface area contributed by atoms with Crippen molar-refractivity contribution in [1.82, 2.24) is 9.88 Å². The van der Waals surface area contributed by atoms with Crippen molar-refractivity contribution in [3.8, 4) is 0 Å². The Morgan fingerprint density at radius 3 is 2.42 bits per heavy atom. The third-order valence-electron chi connectivity index (χ3n) is 3.14. The first-order chi connectivity index (χ1) is 9.17. The zero-order valence-corrected chi connectivity index (χ0v) is 12.9. The van der Waals surface area contributed by atoms with Crippen molar-refractivity contribution in [3.05, 3.63) is 29.6 Å². The Morgan fingerprint density at radius 1 is 1.26 bits per heavy atom. The fourth-order valence-corrected chi connectivity index (χ4v) is 2.11. The molecular formula is C15H25N3S. The second kappa shape index (κ2) is 8.99. The van der Waals surface area contributed by atoms with Gasteiger partial charge in [0.15, 0.2) is 0 Å². The Morgan fingerprint density at radius 2 is 1.89 bits per heavy atom. The van der Waals surface area contributed by atoms with Gasteiger partial charge in [-0.05, 0) is 43.6 Å². The van der Waals surface area contributed by atoms with E-state index in [2.05, 4.69) is 23.7 Å². The predicted octanol–water partition coefficient (Wildman–Crippen LogP) is 3.12. The molecule has 4 heteroatoms. The first-order valence-electron chi connectivity index (χ1n) is 7.14. The molecule has 106 valence electrons. The maximum absolute atomic E-state index is 5.63. The molecule has 2 N–H and O–H groups in total. The second-order valence-corrected chi connectivity index (χ2v) is 5.34. The van der Waals surface area contributed by atoms with Gasteiger partial charge < -0.3 is 5.73 Å². The average molecular weight is 279 g/mol. The van der Waals surface area contributed by atoms with Crippen LogP contribution >= 0.6 is 12.2 Å². The quantitative estimate of drug-likeness (QED) is 0.705. The molecule has 1 aromatic heterocycles. The minimum absolute atomic E-state index is 0.371. The number of nitrogens with zero attached hydrogens (tertiary/aromatic N) is 2. The molecule has 0 spiro atoms. The molecular weight excluding hydrogens is 254 g/mol. The van der Waals surface area contributed by atoms with Crippen molar-refractivity contribution in [2.75, 3.05) is 13.1 Å². The molecule has 0 saturated heterocycles. The van der Waals surface area contributed by atoms with Gasteiger partial charge in [-0.2, -0.15) is 0 Å². The zero-order chi connectivity index (χ0) is 14.1. The van der Waals surface area contributed by atoms with Crippen LogP contribution in [0, 0.1) is 0 Å². The lowest BCUT2D eigenvalue weighted by Gasteiger charge is -2.22. The average Bonchev–Trinajstić information content (AvgIpc) is 2.42. The van der Waals surface area contributed by atoms with E-state index in [9.17, 15) is 0 Å². The predicted molar refractivity (Wildman–Crippen MR) is 85.2 cm³/mol. The highest BCUT2D eigenvalue weighted by Crippen LogP contribution is 2.09. The SMILES string of the molecule is CCCCN(CCCC)Cc1ccnc(C(N)=S)c1. The molecule has 0 saturated carbocycles. The number of nitrogens with two attached hydrogens (primary N) is 1. The molecule has 0 fully saturated rings. The Bertz CT molecular complexity index is 385. The van der Waals surface area contributed by atoms with Crippen LogP contribution in [-0.4, -0.2) is 28.0 Å². The van der Waals surface area contributed by atoms with Crippen molar-refractivity contribution in [3.63, 3.8) is 0 Å². The second-order valence-electron chi connectivity index (χ2n) is 4.90. The number of hydrogen-bond donors (Lipinski definition) is 1. The van der Waals surface area contributed by atoms with E-state index < -0.39 is 0 Å². The van der Waals surface area contributed by atoms with E-state index in [1.807, 2.05) is 12.1 Å². The number of pyridine rings is 1. The number of hydrogen-bond acceptors (Lipinski definition) is 3. The molecule has 0 aliphatic carbocycles. The Hall–Kier alpha value is -1.00. The molecule has 0 bridgehead atoms. The molecule has 0 amide bonds. The first kappa shape index (κ1) is 16.1. The van der Waals surface area contributed by atoms with Crippen LogP contribution in [0.5, 0.6) is 0 Å². The summed E-state index contributed by atoms with van der Waals surface area (Å²) in [4.78, 5) is 7.06. The summed E-state index contributed by atoms with van der Waals surface area (Å²) in [5.41, 5.74) is 7.59. The Labute approximate surface area is 122 Å². The molecule has 1 rings (SSSR count). The van der Waals surface area contributed by atoms with Crippen LogP contribution in [0.25, 0.3) is 0 Å². The van der Waals surface area contributed by atoms with Crippen LogP contribution in [0.4, 0.5) is 0 Å². The third kappa shape index (κ3) is 6.12. The molecule has 19 heavy (non-hydrogen) atoms. The van der Waals surface area contributed by atoms with Gasteiger partial charge in [-0.25, -0.2) is 0 Å². The first-order valence-corrected chi connectivity index (χ1v) is 7.55. The number of thiocarbonyl (C=S) groups is 1. The topological polar surface area (TPSA) is 42.2 Å². The number of rotatable bonds is 9. The maximum atomic E-state index is 5.63. The van der Waals surface area contributed by atoms with Crippen LogP contribution < -0.4 is 5.73 Å². The van der Waals surface area contributed by atoms with E-state index in [0.717, 1.165) is 25.3 Å². The van der Waals surface area contributed by atoms with Crippen molar-refractivity contribution in [1.29, 1.82) is 0 Å². The normalized spacial score (nSPS) is 10.9. The minimum Gasteiger partial charge on any atom is -0.388 e. The monoisotopic (exact) mass is 279 g/mol. The van der Waals surface area contributed by atoms with Crippen molar-refractivity contribution >= 4 is 17.2 Å². The zero-order valence-electron chi connectivity index (χ0n) is 12.1. The molecule has 3 nitrogen and oxygen atoms in total. The van der Waals surface area contributed by atoms with Crippen molar-refractivity contribution in [2.24, 2.45) is 5.73 Å². The van der Waals surface area contributed by atoms with Gasteiger partial charge in [0, 0.05) is 12.7 Å². The summed E-state index contributed by atoms with van der Waals surface area (Å²) in [5.74, 6) is 0. The van der Waals surface area contributed by atoms with Gasteiger partial charge in [0.25, 0.3) is 0 Å². The number of aromatic nitrogens is 1. The van der Waals surface area contributed by atoms with Gasteiger partial charge in [-0.1, -0.05) is 38.9 Å². The lowest BCUT2D eigenvalue weighted by molar-refractivity contribution is 0.257. The molecule has 0 atom stereocenters. The minimum atomic E-state index is 0.371. The van der Waals surface area contributed by atoms with E-state index in [1.54, 1.807) is 6.20 Å². The summed E-state index contributed by atoms with van der Waals surface area (Å²) in [6, 6.07) is 4.06. The lowest BCUT2D eigenvalue weighted by Crippen LogP contribution is -2.26. The summed E-state index contributed by atoms with van der Waals surface area (Å²) < 4.78 is 0. The fraction of sp³-hybridized carbons (Fsp3) is 0.600. The molecule has 0 aliphatic rings. The van der Waals surface area contributed by atoms with Gasteiger partial charge >= 0.3 is 0 Å². The van der Waals surface area contributed by atoms with Crippen LogP contribution in [0.3, 0.4) is 0 Å². The van der Waals surface area contributed by atoms with Gasteiger partial charge in [-0.15, -0.1) is 0 Å². The summed E-state index contributed by atoms with van der Waals surface area (Å²) in [5, 5.41) is 0. The van der Waals surface area contributed by atoms with E-state index in [4.69, 9.17) is 18.0 Å². The largest absolute Gasteiger partial charge is 0.388 e. The third-order valence-corrected chi connectivity index (χ3v) is 3.35. The van der Waals surface area contributed by atoms with Gasteiger partial charge in [-0.3, -0.25) is 9.88 Å². The van der Waals surface area contributed by atoms with Crippen molar-refractivity contribution in [2.45, 2.75) is 46.1 Å². The summed E-state index contributed by atoms with van der Waals surface area (Å²) >= 11 is 4.98. The van der Waals surface area contributed by atoms with Gasteiger partial charge in [0.1, 0.15) is 4.99 Å². The number of unbranched alkanes of at least 4 members (excludes halogenated alkanes) is 2. The van der Waals surface area contributed by atoms with Gasteiger partial charge in [0.2, 0.25) is 0 Å². The van der Waals surface area contributed by atoms with Crippen molar-refractivity contribution < 1.29 is 0 Å². The molecule has 0 unspecified atom stereocenters. The maximum Gasteiger partial charge on any atom is 0.122 e. The van der Waals surface area contributed by atoms with E-state index in [0.29, 0.717) is 4.99 Å². The van der Waals surface area contributed by atoms with Crippen LogP contribution in [0.15, 0.2) is 18.3 Å². The van der Waals surface area contributed by atoms with Crippen LogP contribution in [-0.2, 0) is 6.54 Å². The van der Waals surface area contributed by atoms with E-state index in [1.165, 1.54) is 31.2 Å². The molecule has 1 heterocycles. The molecule has 1 aromatic rings. The Balaban J connectivity index is 2.65. The fourth-order valence-electron chi connectivity index (χ4n) is 2.00. The highest BCUT2D eigenvalue weighted by atomic mass is 32.1. The Kier molecular flexibility index (Phi) is 7.60. The van der Waals surface area contributed by atoms with Crippen LogP contribution in [0.1, 0.15) is 50.8 Å².